The summed E-state index contributed by atoms with van der Waals surface area (Å²) < 4.78 is 9.95. The number of aromatic nitrogens is 2. The summed E-state index contributed by atoms with van der Waals surface area (Å²) in [5, 5.41) is 11.4. The molecule has 8 nitrogen and oxygen atoms in total. The average molecular weight is 257 g/mol. The molecule has 1 rings (SSSR count). The highest BCUT2D eigenvalue weighted by atomic mass is 16.7. The van der Waals surface area contributed by atoms with Gasteiger partial charge >= 0.3 is 5.97 Å². The van der Waals surface area contributed by atoms with Crippen molar-refractivity contribution in [3.05, 3.63) is 17.7 Å². The highest BCUT2D eigenvalue weighted by Crippen LogP contribution is 2.05. The molecule has 8 heteroatoms. The van der Waals surface area contributed by atoms with E-state index in [4.69, 9.17) is 14.6 Å². The van der Waals surface area contributed by atoms with Gasteiger partial charge in [0.05, 0.1) is 12.4 Å². The number of carbonyl (C=O) groups is 2. The van der Waals surface area contributed by atoms with E-state index < -0.39 is 24.2 Å². The maximum absolute atomic E-state index is 11.8. The fraction of sp³-hybridized carbons (Fsp3) is 0.500. The van der Waals surface area contributed by atoms with Crippen LogP contribution < -0.4 is 5.32 Å². The summed E-state index contributed by atoms with van der Waals surface area (Å²) in [7, 11) is 2.88. The monoisotopic (exact) mass is 257 g/mol. The van der Waals surface area contributed by atoms with Crippen LogP contribution in [0, 0.1) is 0 Å². The number of carbonyl (C=O) groups excluding carboxylic acids is 1. The lowest BCUT2D eigenvalue weighted by Gasteiger charge is -2.21. The van der Waals surface area contributed by atoms with E-state index in [9.17, 15) is 9.59 Å². The topological polar surface area (TPSA) is 114 Å². The quantitative estimate of drug-likeness (QED) is 0.610. The molecule has 0 saturated carbocycles. The van der Waals surface area contributed by atoms with Gasteiger partial charge in [-0.15, -0.1) is 0 Å². The van der Waals surface area contributed by atoms with Crippen LogP contribution in [0.4, 0.5) is 0 Å². The minimum atomic E-state index is -1.25. The summed E-state index contributed by atoms with van der Waals surface area (Å²) in [6.45, 7) is 1.67. The zero-order valence-electron chi connectivity index (χ0n) is 10.3. The Morgan fingerprint density at radius 1 is 1.44 bits per heavy atom. The number of rotatable bonds is 6. The van der Waals surface area contributed by atoms with Gasteiger partial charge in [0, 0.05) is 14.2 Å². The first-order valence-corrected chi connectivity index (χ1v) is 5.14. The van der Waals surface area contributed by atoms with Crippen LogP contribution in [0.1, 0.15) is 27.9 Å². The molecular weight excluding hydrogens is 242 g/mol. The molecule has 1 aromatic rings. The molecule has 0 saturated heterocycles. The molecule has 100 valence electrons. The van der Waals surface area contributed by atoms with E-state index in [0.29, 0.717) is 0 Å². The third-order valence-corrected chi connectivity index (χ3v) is 2.30. The first-order valence-electron chi connectivity index (χ1n) is 5.14. The van der Waals surface area contributed by atoms with Crippen LogP contribution >= 0.6 is 0 Å². The van der Waals surface area contributed by atoms with Crippen LogP contribution in [0.5, 0.6) is 0 Å². The minimum Gasteiger partial charge on any atom is -0.477 e. The average Bonchev–Trinajstić information content (AvgIpc) is 2.79. The van der Waals surface area contributed by atoms with Crippen LogP contribution in [0.3, 0.4) is 0 Å². The Morgan fingerprint density at radius 2 is 2.06 bits per heavy atom. The first-order chi connectivity index (χ1) is 8.51. The van der Waals surface area contributed by atoms with Crippen LogP contribution in [-0.4, -0.2) is 53.5 Å². The second-order valence-electron chi connectivity index (χ2n) is 3.53. The van der Waals surface area contributed by atoms with Crippen molar-refractivity contribution < 1.29 is 24.2 Å². The number of ether oxygens (including phenoxy) is 2. The van der Waals surface area contributed by atoms with Crippen molar-refractivity contribution >= 4 is 11.9 Å². The Bertz CT molecular complexity index is 427. The van der Waals surface area contributed by atoms with Gasteiger partial charge in [-0.3, -0.25) is 4.79 Å². The van der Waals surface area contributed by atoms with Crippen molar-refractivity contribution in [1.82, 2.24) is 15.3 Å². The number of hydrogen-bond donors (Lipinski definition) is 3. The van der Waals surface area contributed by atoms with Gasteiger partial charge in [-0.05, 0) is 6.92 Å². The van der Waals surface area contributed by atoms with E-state index in [0.717, 1.165) is 6.33 Å². The number of methoxy groups -OCH3 is 2. The largest absolute Gasteiger partial charge is 0.477 e. The lowest BCUT2D eigenvalue weighted by molar-refractivity contribution is -0.117. The van der Waals surface area contributed by atoms with Crippen molar-refractivity contribution in [2.24, 2.45) is 0 Å². The number of H-pyrrole nitrogens is 1. The molecule has 1 aromatic heterocycles. The highest BCUT2D eigenvalue weighted by molar-refractivity contribution is 6.02. The van der Waals surface area contributed by atoms with Gasteiger partial charge < -0.3 is 24.9 Å². The van der Waals surface area contributed by atoms with Crippen LogP contribution in [0.25, 0.3) is 0 Å². The lowest BCUT2D eigenvalue weighted by Crippen LogP contribution is -2.43. The number of aromatic amines is 1. The molecule has 0 fully saturated rings. The molecule has 1 amide bonds. The summed E-state index contributed by atoms with van der Waals surface area (Å²) >= 11 is 0. The Labute approximate surface area is 103 Å². The number of nitrogens with zero attached hydrogens (tertiary/aromatic N) is 1. The van der Waals surface area contributed by atoms with E-state index in [1.807, 2.05) is 0 Å². The number of amides is 1. The molecule has 0 aliphatic carbocycles. The Balaban J connectivity index is 2.76. The molecule has 0 aliphatic rings. The van der Waals surface area contributed by atoms with Gasteiger partial charge in [-0.1, -0.05) is 0 Å². The minimum absolute atomic E-state index is 0.180. The van der Waals surface area contributed by atoms with Gasteiger partial charge in [0.2, 0.25) is 0 Å². The van der Waals surface area contributed by atoms with Gasteiger partial charge in [0.15, 0.2) is 17.7 Å². The number of aromatic carboxylic acids is 1. The Hall–Kier alpha value is -1.93. The van der Waals surface area contributed by atoms with E-state index in [2.05, 4.69) is 15.3 Å². The molecular formula is C10H15N3O5. The molecule has 0 bridgehead atoms. The van der Waals surface area contributed by atoms with Crippen molar-refractivity contribution in [1.29, 1.82) is 0 Å². The molecule has 18 heavy (non-hydrogen) atoms. The van der Waals surface area contributed by atoms with Crippen LogP contribution in [0.2, 0.25) is 0 Å². The summed E-state index contributed by atoms with van der Waals surface area (Å²) in [6.07, 6.45) is 0.522. The molecule has 0 spiro atoms. The lowest BCUT2D eigenvalue weighted by atomic mass is 10.2. The normalized spacial score (nSPS) is 12.4. The second kappa shape index (κ2) is 6.12. The number of hydrogen-bond acceptors (Lipinski definition) is 5. The third kappa shape index (κ3) is 3.05. The summed E-state index contributed by atoms with van der Waals surface area (Å²) in [5.41, 5.74) is -0.439. The smallest absolute Gasteiger partial charge is 0.354 e. The van der Waals surface area contributed by atoms with E-state index in [1.165, 1.54) is 14.2 Å². The zero-order valence-corrected chi connectivity index (χ0v) is 10.3. The predicted molar refractivity (Wildman–Crippen MR) is 60.3 cm³/mol. The maximum atomic E-state index is 11.8. The van der Waals surface area contributed by atoms with Crippen molar-refractivity contribution in [2.75, 3.05) is 14.2 Å². The van der Waals surface area contributed by atoms with Gasteiger partial charge in [-0.2, -0.15) is 0 Å². The maximum Gasteiger partial charge on any atom is 0.354 e. The Kier molecular flexibility index (Phi) is 4.81. The third-order valence-electron chi connectivity index (χ3n) is 2.30. The van der Waals surface area contributed by atoms with E-state index in [1.54, 1.807) is 6.92 Å². The van der Waals surface area contributed by atoms with Crippen molar-refractivity contribution in [2.45, 2.75) is 19.3 Å². The molecule has 1 unspecified atom stereocenters. The molecule has 1 heterocycles. The first kappa shape index (κ1) is 14.1. The van der Waals surface area contributed by atoms with E-state index in [-0.39, 0.29) is 11.4 Å². The van der Waals surface area contributed by atoms with Gasteiger partial charge in [-0.25, -0.2) is 9.78 Å². The molecule has 0 aliphatic heterocycles. The van der Waals surface area contributed by atoms with Crippen molar-refractivity contribution in [3.63, 3.8) is 0 Å². The highest BCUT2D eigenvalue weighted by Gasteiger charge is 2.24. The molecule has 0 aromatic carbocycles. The molecule has 1 atom stereocenters. The van der Waals surface area contributed by atoms with Crippen molar-refractivity contribution in [3.8, 4) is 0 Å². The van der Waals surface area contributed by atoms with Crippen LogP contribution in [-0.2, 0) is 9.47 Å². The number of imidazole rings is 1. The van der Waals surface area contributed by atoms with Gasteiger partial charge in [0.25, 0.3) is 5.91 Å². The second-order valence-corrected chi connectivity index (χ2v) is 3.53. The standard InChI is InChI=1S/C10H15N3O5/c1-5(10(17-2)18-3)13-8(14)6-7(9(15)16)12-4-11-6/h4-5,10H,1-3H3,(H,11,12)(H,13,14)(H,15,16). The number of carboxylic acids is 1. The SMILES string of the molecule is COC(OC)C(C)NC(=O)c1nc[nH]c1C(=O)O. The number of nitrogens with one attached hydrogen (secondary N) is 2. The summed E-state index contributed by atoms with van der Waals surface area (Å²) in [5.74, 6) is -1.86. The zero-order chi connectivity index (χ0) is 13.7. The fourth-order valence-corrected chi connectivity index (χ4v) is 1.48. The molecule has 0 radical (unpaired) electrons. The Morgan fingerprint density at radius 3 is 2.56 bits per heavy atom. The summed E-state index contributed by atoms with van der Waals surface area (Å²) in [4.78, 5) is 28.7. The van der Waals surface area contributed by atoms with E-state index >= 15 is 0 Å². The van der Waals surface area contributed by atoms with Crippen LogP contribution in [0.15, 0.2) is 6.33 Å². The summed E-state index contributed by atoms with van der Waals surface area (Å²) in [6, 6.07) is -0.453. The fourth-order valence-electron chi connectivity index (χ4n) is 1.48. The predicted octanol–water partition coefficient (Wildman–Crippen LogP) is -0.155. The molecule has 3 N–H and O–H groups in total. The number of carboxylic acid groups (broad SMARTS) is 1. The van der Waals surface area contributed by atoms with Gasteiger partial charge in [0.1, 0.15) is 0 Å².